The zero-order valence-corrected chi connectivity index (χ0v) is 13.4. The average Bonchev–Trinajstić information content (AvgIpc) is 3.00. The predicted molar refractivity (Wildman–Crippen MR) is 83.7 cm³/mol. The third kappa shape index (κ3) is 2.23. The van der Waals surface area contributed by atoms with Crippen LogP contribution in [-0.2, 0) is 0 Å². The molecule has 22 heavy (non-hydrogen) atoms. The Balaban J connectivity index is 1.73. The number of hydrogen-bond donors (Lipinski definition) is 1. The Morgan fingerprint density at radius 2 is 2.05 bits per heavy atom. The zero-order chi connectivity index (χ0) is 15.2. The summed E-state index contributed by atoms with van der Waals surface area (Å²) < 4.78 is 17.8. The minimum Gasteiger partial charge on any atom is -0.483 e. The number of rotatable bonds is 2. The summed E-state index contributed by atoms with van der Waals surface area (Å²) in [6, 6.07) is 4.45. The van der Waals surface area contributed by atoms with Crippen molar-refractivity contribution in [3.8, 4) is 17.2 Å². The third-order valence-corrected chi connectivity index (χ3v) is 5.14. The van der Waals surface area contributed by atoms with Gasteiger partial charge in [-0.15, -0.1) is 0 Å². The molecule has 1 spiro atoms. The van der Waals surface area contributed by atoms with Crippen LogP contribution in [0.15, 0.2) is 12.1 Å². The van der Waals surface area contributed by atoms with E-state index >= 15 is 0 Å². The number of piperidine rings is 1. The molecule has 5 heteroatoms. The molecule has 1 fully saturated rings. The van der Waals surface area contributed by atoms with Crippen molar-refractivity contribution in [3.05, 3.63) is 17.7 Å². The Morgan fingerprint density at radius 3 is 2.82 bits per heavy atom. The molecule has 0 radical (unpaired) electrons. The molecule has 1 aromatic rings. The molecule has 3 aliphatic heterocycles. The van der Waals surface area contributed by atoms with Crippen molar-refractivity contribution in [2.75, 3.05) is 33.5 Å². The first-order valence-corrected chi connectivity index (χ1v) is 8.24. The van der Waals surface area contributed by atoms with Crippen LogP contribution in [0.3, 0.4) is 0 Å². The van der Waals surface area contributed by atoms with E-state index in [1.807, 2.05) is 6.07 Å². The lowest BCUT2D eigenvalue weighted by Crippen LogP contribution is -2.51. The fourth-order valence-electron chi connectivity index (χ4n) is 3.84. The molecule has 3 aliphatic rings. The molecule has 3 heterocycles. The van der Waals surface area contributed by atoms with E-state index in [1.54, 1.807) is 0 Å². The van der Waals surface area contributed by atoms with Crippen molar-refractivity contribution in [3.63, 3.8) is 0 Å². The highest BCUT2D eigenvalue weighted by Gasteiger charge is 2.44. The molecule has 0 aliphatic carbocycles. The van der Waals surface area contributed by atoms with Crippen molar-refractivity contribution >= 4 is 0 Å². The lowest BCUT2D eigenvalue weighted by molar-refractivity contribution is -0.0220. The maximum Gasteiger partial charge on any atom is 0.231 e. The van der Waals surface area contributed by atoms with E-state index in [0.29, 0.717) is 6.04 Å². The molecule has 4 rings (SSSR count). The average molecular weight is 304 g/mol. The number of hydrogen-bond acceptors (Lipinski definition) is 5. The predicted octanol–water partition coefficient (Wildman–Crippen LogP) is 2.31. The van der Waals surface area contributed by atoms with E-state index < -0.39 is 0 Å². The first-order valence-electron chi connectivity index (χ1n) is 8.24. The smallest absolute Gasteiger partial charge is 0.231 e. The largest absolute Gasteiger partial charge is 0.483 e. The molecule has 0 saturated carbocycles. The lowest BCUT2D eigenvalue weighted by atomic mass is 9.80. The van der Waals surface area contributed by atoms with Crippen LogP contribution < -0.4 is 19.5 Å². The van der Waals surface area contributed by atoms with E-state index in [1.165, 1.54) is 5.56 Å². The summed E-state index contributed by atoms with van der Waals surface area (Å²) in [6.45, 7) is 5.57. The van der Waals surface area contributed by atoms with Crippen LogP contribution in [0.4, 0.5) is 0 Å². The second-order valence-corrected chi connectivity index (χ2v) is 6.62. The molecular formula is C17H24N2O3. The summed E-state index contributed by atoms with van der Waals surface area (Å²) in [7, 11) is 2.18. The van der Waals surface area contributed by atoms with E-state index in [0.717, 1.165) is 56.1 Å². The summed E-state index contributed by atoms with van der Waals surface area (Å²) in [5, 5.41) is 3.62. The van der Waals surface area contributed by atoms with Crippen LogP contribution in [0, 0.1) is 0 Å². The summed E-state index contributed by atoms with van der Waals surface area (Å²) in [5.74, 6) is 2.49. The van der Waals surface area contributed by atoms with Crippen LogP contribution in [0.25, 0.3) is 0 Å². The molecule has 1 atom stereocenters. The Kier molecular flexibility index (Phi) is 3.42. The first kappa shape index (κ1) is 14.2. The number of fused-ring (bicyclic) bond motifs is 3. The fraction of sp³-hybridized carbons (Fsp3) is 0.647. The fourth-order valence-corrected chi connectivity index (χ4v) is 3.84. The summed E-state index contributed by atoms with van der Waals surface area (Å²) in [4.78, 5) is 2.38. The molecule has 120 valence electrons. The van der Waals surface area contributed by atoms with Crippen molar-refractivity contribution in [1.82, 2.24) is 10.2 Å². The second kappa shape index (κ2) is 5.32. The Hall–Kier alpha value is -1.46. The summed E-state index contributed by atoms with van der Waals surface area (Å²) in [6.07, 6.45) is 3.16. The topological polar surface area (TPSA) is 43.0 Å². The van der Waals surface area contributed by atoms with E-state index in [2.05, 4.69) is 30.3 Å². The van der Waals surface area contributed by atoms with Gasteiger partial charge < -0.3 is 24.4 Å². The molecule has 5 nitrogen and oxygen atoms in total. The van der Waals surface area contributed by atoms with Crippen molar-refractivity contribution in [2.45, 2.75) is 37.8 Å². The van der Waals surface area contributed by atoms with Crippen LogP contribution in [0.5, 0.6) is 17.2 Å². The maximum absolute atomic E-state index is 6.56. The Morgan fingerprint density at radius 1 is 1.23 bits per heavy atom. The number of benzene rings is 1. The number of ether oxygens (including phenoxy) is 3. The van der Waals surface area contributed by atoms with Gasteiger partial charge in [-0.1, -0.05) is 6.92 Å². The van der Waals surface area contributed by atoms with Gasteiger partial charge in [0.2, 0.25) is 12.5 Å². The van der Waals surface area contributed by atoms with E-state index in [-0.39, 0.29) is 12.4 Å². The number of likely N-dealkylation sites (tertiary alicyclic amines) is 1. The zero-order valence-electron chi connectivity index (χ0n) is 13.4. The van der Waals surface area contributed by atoms with Gasteiger partial charge in [-0.2, -0.15) is 0 Å². The van der Waals surface area contributed by atoms with Crippen LogP contribution in [0.2, 0.25) is 0 Å². The molecule has 1 aromatic carbocycles. The minimum absolute atomic E-state index is 0.0760. The maximum atomic E-state index is 6.56. The van der Waals surface area contributed by atoms with Crippen LogP contribution in [0.1, 0.15) is 37.8 Å². The van der Waals surface area contributed by atoms with Gasteiger partial charge >= 0.3 is 0 Å². The molecule has 0 bridgehead atoms. The van der Waals surface area contributed by atoms with Gasteiger partial charge in [0.1, 0.15) is 5.60 Å². The highest BCUT2D eigenvalue weighted by Crippen LogP contribution is 2.52. The summed E-state index contributed by atoms with van der Waals surface area (Å²) >= 11 is 0. The minimum atomic E-state index is -0.0760. The molecule has 0 aromatic heterocycles. The Labute approximate surface area is 131 Å². The van der Waals surface area contributed by atoms with Gasteiger partial charge in [-0.25, -0.2) is 0 Å². The SMILES string of the molecule is CCNC1CC2(CCN(C)CC2)Oc2c1ccc1c2OCO1. The molecule has 1 N–H and O–H groups in total. The van der Waals surface area contributed by atoms with E-state index in [9.17, 15) is 0 Å². The molecule has 1 unspecified atom stereocenters. The van der Waals surface area contributed by atoms with Gasteiger partial charge in [0.15, 0.2) is 11.5 Å². The molecule has 1 saturated heterocycles. The number of nitrogens with one attached hydrogen (secondary N) is 1. The van der Waals surface area contributed by atoms with Crippen molar-refractivity contribution in [2.24, 2.45) is 0 Å². The highest BCUT2D eigenvalue weighted by atomic mass is 16.7. The molecule has 0 amide bonds. The van der Waals surface area contributed by atoms with Crippen LogP contribution in [-0.4, -0.2) is 44.0 Å². The standard InChI is InChI=1S/C17H24N2O3/c1-3-18-13-10-17(6-8-19(2)9-7-17)22-15-12(13)4-5-14-16(15)21-11-20-14/h4-5,13,18H,3,6-11H2,1-2H3. The first-order chi connectivity index (χ1) is 10.7. The van der Waals surface area contributed by atoms with Gasteiger partial charge in [0.25, 0.3) is 0 Å². The Bertz CT molecular complexity index is 567. The van der Waals surface area contributed by atoms with Crippen molar-refractivity contribution < 1.29 is 14.2 Å². The van der Waals surface area contributed by atoms with Gasteiger partial charge in [-0.3, -0.25) is 0 Å². The normalized spacial score (nSPS) is 25.8. The summed E-state index contributed by atoms with van der Waals surface area (Å²) in [5.41, 5.74) is 1.13. The second-order valence-electron chi connectivity index (χ2n) is 6.62. The van der Waals surface area contributed by atoms with E-state index in [4.69, 9.17) is 14.2 Å². The molecular weight excluding hydrogens is 280 g/mol. The quantitative estimate of drug-likeness (QED) is 0.908. The van der Waals surface area contributed by atoms with Crippen LogP contribution >= 0.6 is 0 Å². The third-order valence-electron chi connectivity index (χ3n) is 5.14. The van der Waals surface area contributed by atoms with Gasteiger partial charge in [-0.05, 0) is 38.6 Å². The van der Waals surface area contributed by atoms with Gasteiger partial charge in [0, 0.05) is 31.1 Å². The number of nitrogens with zero attached hydrogens (tertiary/aromatic N) is 1. The highest BCUT2D eigenvalue weighted by molar-refractivity contribution is 5.59. The van der Waals surface area contributed by atoms with Crippen molar-refractivity contribution in [1.29, 1.82) is 0 Å². The monoisotopic (exact) mass is 304 g/mol. The van der Waals surface area contributed by atoms with Gasteiger partial charge in [0.05, 0.1) is 0 Å². The lowest BCUT2D eigenvalue weighted by Gasteiger charge is -2.46.